The average Bonchev–Trinajstić information content (AvgIpc) is 3.02. The van der Waals surface area contributed by atoms with Gasteiger partial charge in [-0.1, -0.05) is 24.3 Å². The fourth-order valence-electron chi connectivity index (χ4n) is 4.22. The number of allylic oxidation sites excluding steroid dienone is 3. The first-order valence-electron chi connectivity index (χ1n) is 10.6. The van der Waals surface area contributed by atoms with Crippen LogP contribution < -0.4 is 4.90 Å². The van der Waals surface area contributed by atoms with E-state index in [1.54, 1.807) is 11.1 Å². The molecule has 2 aliphatic rings. The lowest BCUT2D eigenvalue weighted by Gasteiger charge is -2.42. The van der Waals surface area contributed by atoms with Gasteiger partial charge in [0.15, 0.2) is 10.8 Å². The van der Waals surface area contributed by atoms with Crippen molar-refractivity contribution in [3.8, 4) is 6.07 Å². The predicted octanol–water partition coefficient (Wildman–Crippen LogP) is 4.88. The molecule has 6 nitrogen and oxygen atoms in total. The maximum absolute atomic E-state index is 13.5. The van der Waals surface area contributed by atoms with E-state index >= 15 is 0 Å². The fraction of sp³-hybridized carbons (Fsp3) is 0.292. The monoisotopic (exact) mass is 483 g/mol. The lowest BCUT2D eigenvalue weighted by Crippen LogP contribution is -2.54. The number of alkyl halides is 3. The molecular formula is C24H20F3N5OS. The van der Waals surface area contributed by atoms with Crippen LogP contribution in [-0.2, 0) is 11.0 Å². The number of nitrogens with zero attached hydrogens (tertiary/aromatic N) is 5. The summed E-state index contributed by atoms with van der Waals surface area (Å²) in [7, 11) is 0. The average molecular weight is 484 g/mol. The SMILES string of the molecule is C/C=C(\C=C/CN1C(=S)N(c2cnc(C#N)c(C(F)(F)F)c2)C(=O)C12CCC2)c1ccccn1. The third-order valence-corrected chi connectivity index (χ3v) is 6.52. The molecule has 1 saturated carbocycles. The van der Waals surface area contributed by atoms with Gasteiger partial charge >= 0.3 is 6.18 Å². The summed E-state index contributed by atoms with van der Waals surface area (Å²) >= 11 is 5.57. The van der Waals surface area contributed by atoms with E-state index in [0.717, 1.165) is 34.9 Å². The topological polar surface area (TPSA) is 73.1 Å². The van der Waals surface area contributed by atoms with Crippen molar-refractivity contribution in [3.63, 3.8) is 0 Å². The highest BCUT2D eigenvalue weighted by atomic mass is 32.1. The molecule has 1 amide bonds. The molecule has 4 rings (SSSR count). The summed E-state index contributed by atoms with van der Waals surface area (Å²) in [5, 5.41) is 9.13. The fourth-order valence-corrected chi connectivity index (χ4v) is 4.66. The molecule has 2 aromatic heterocycles. The van der Waals surface area contributed by atoms with Gasteiger partial charge in [0.25, 0.3) is 5.91 Å². The Hall–Kier alpha value is -3.58. The first-order valence-corrected chi connectivity index (χ1v) is 11.0. The second-order valence-corrected chi connectivity index (χ2v) is 8.34. The number of anilines is 1. The van der Waals surface area contributed by atoms with Crippen LogP contribution in [0.5, 0.6) is 0 Å². The number of carbonyl (C=O) groups excluding carboxylic acids is 1. The molecule has 1 spiro atoms. The molecule has 10 heteroatoms. The molecule has 0 bridgehead atoms. The zero-order valence-electron chi connectivity index (χ0n) is 18.2. The van der Waals surface area contributed by atoms with Crippen LogP contribution in [0, 0.1) is 11.3 Å². The van der Waals surface area contributed by atoms with E-state index in [0.29, 0.717) is 19.4 Å². The number of aromatic nitrogens is 2. The summed E-state index contributed by atoms with van der Waals surface area (Å²) in [6, 6.07) is 7.81. The second kappa shape index (κ2) is 8.99. The largest absolute Gasteiger partial charge is 0.419 e. The van der Waals surface area contributed by atoms with Crippen LogP contribution in [0.1, 0.15) is 43.1 Å². The lowest BCUT2D eigenvalue weighted by molar-refractivity contribution is -0.138. The highest BCUT2D eigenvalue weighted by molar-refractivity contribution is 7.80. The first kappa shape index (κ1) is 23.6. The van der Waals surface area contributed by atoms with Gasteiger partial charge < -0.3 is 4.90 Å². The van der Waals surface area contributed by atoms with Crippen molar-refractivity contribution in [3.05, 3.63) is 71.8 Å². The van der Waals surface area contributed by atoms with Crippen molar-refractivity contribution in [2.45, 2.75) is 37.9 Å². The van der Waals surface area contributed by atoms with Crippen LogP contribution in [0.2, 0.25) is 0 Å². The lowest BCUT2D eigenvalue weighted by atomic mass is 9.75. The van der Waals surface area contributed by atoms with Crippen molar-refractivity contribution < 1.29 is 18.0 Å². The van der Waals surface area contributed by atoms with E-state index in [1.807, 2.05) is 43.4 Å². The van der Waals surface area contributed by atoms with Crippen LogP contribution in [0.4, 0.5) is 18.9 Å². The van der Waals surface area contributed by atoms with Gasteiger partial charge in [0.1, 0.15) is 11.6 Å². The molecule has 2 aromatic rings. The van der Waals surface area contributed by atoms with E-state index in [2.05, 4.69) is 9.97 Å². The Morgan fingerprint density at radius 1 is 1.32 bits per heavy atom. The van der Waals surface area contributed by atoms with Gasteiger partial charge in [-0.05, 0) is 62.2 Å². The summed E-state index contributed by atoms with van der Waals surface area (Å²) in [5.74, 6) is -0.368. The molecule has 0 atom stereocenters. The Kier molecular flexibility index (Phi) is 6.23. The van der Waals surface area contributed by atoms with Crippen molar-refractivity contribution in [2.75, 3.05) is 11.4 Å². The molecule has 1 aliphatic carbocycles. The van der Waals surface area contributed by atoms with Crippen molar-refractivity contribution in [2.24, 2.45) is 0 Å². The van der Waals surface area contributed by atoms with E-state index in [9.17, 15) is 18.0 Å². The normalized spacial score (nSPS) is 18.0. The molecule has 0 N–H and O–H groups in total. The number of hydrogen-bond donors (Lipinski definition) is 0. The maximum Gasteiger partial charge on any atom is 0.419 e. The van der Waals surface area contributed by atoms with Gasteiger partial charge in [-0.2, -0.15) is 18.4 Å². The van der Waals surface area contributed by atoms with Crippen LogP contribution in [0.3, 0.4) is 0 Å². The highest BCUT2D eigenvalue weighted by Gasteiger charge is 2.58. The summed E-state index contributed by atoms with van der Waals surface area (Å²) in [6.07, 6.45) is 5.59. The maximum atomic E-state index is 13.5. The molecule has 3 heterocycles. The molecule has 1 aliphatic heterocycles. The number of rotatable bonds is 5. The standard InChI is InChI=1S/C24H20F3N5OS/c1-2-16(19-8-3-4-11-29-19)7-5-12-31-22(34)32(21(33)23(31)9-6-10-23)17-13-18(24(25,26)27)20(14-28)30-15-17/h2-5,7-8,11,13,15H,6,9-10,12H2,1H3/b7-5-,16-2+. The minimum Gasteiger partial charge on any atom is -0.330 e. The van der Waals surface area contributed by atoms with Crippen molar-refractivity contribution in [1.29, 1.82) is 5.26 Å². The Morgan fingerprint density at radius 3 is 2.65 bits per heavy atom. The summed E-state index contributed by atoms with van der Waals surface area (Å²) in [4.78, 5) is 24.3. The van der Waals surface area contributed by atoms with E-state index < -0.39 is 23.0 Å². The van der Waals surface area contributed by atoms with Gasteiger partial charge in [-0.15, -0.1) is 0 Å². The van der Waals surface area contributed by atoms with Crippen LogP contribution >= 0.6 is 12.2 Å². The molecule has 34 heavy (non-hydrogen) atoms. The highest BCUT2D eigenvalue weighted by Crippen LogP contribution is 2.46. The Morgan fingerprint density at radius 2 is 2.09 bits per heavy atom. The Bertz CT molecular complexity index is 1230. The van der Waals surface area contributed by atoms with Crippen molar-refractivity contribution in [1.82, 2.24) is 14.9 Å². The number of nitriles is 1. The summed E-state index contributed by atoms with van der Waals surface area (Å²) in [6.45, 7) is 2.20. The van der Waals surface area contributed by atoms with Crippen LogP contribution in [0.15, 0.2) is 54.9 Å². The zero-order valence-corrected chi connectivity index (χ0v) is 19.0. The smallest absolute Gasteiger partial charge is 0.330 e. The molecule has 0 radical (unpaired) electrons. The van der Waals surface area contributed by atoms with Gasteiger partial charge in [-0.3, -0.25) is 14.7 Å². The van der Waals surface area contributed by atoms with Gasteiger partial charge in [0.05, 0.1) is 23.1 Å². The quantitative estimate of drug-likeness (QED) is 0.446. The van der Waals surface area contributed by atoms with Crippen LogP contribution in [-0.4, -0.2) is 38.0 Å². The van der Waals surface area contributed by atoms with Gasteiger partial charge in [-0.25, -0.2) is 4.98 Å². The number of amides is 1. The van der Waals surface area contributed by atoms with Gasteiger partial charge in [0, 0.05) is 12.7 Å². The number of thiocarbonyl (C=S) groups is 1. The number of pyridine rings is 2. The molecular weight excluding hydrogens is 463 g/mol. The Balaban J connectivity index is 1.64. The zero-order chi connectivity index (χ0) is 24.5. The molecule has 2 fully saturated rings. The molecule has 174 valence electrons. The van der Waals surface area contributed by atoms with E-state index in [4.69, 9.17) is 17.5 Å². The van der Waals surface area contributed by atoms with Crippen LogP contribution in [0.25, 0.3) is 5.57 Å². The number of halogens is 3. The molecule has 0 unspecified atom stereocenters. The van der Waals surface area contributed by atoms with Crippen molar-refractivity contribution >= 4 is 34.5 Å². The third-order valence-electron chi connectivity index (χ3n) is 6.12. The first-order chi connectivity index (χ1) is 16.2. The third kappa shape index (κ3) is 3.96. The predicted molar refractivity (Wildman–Crippen MR) is 124 cm³/mol. The molecule has 0 aromatic carbocycles. The van der Waals surface area contributed by atoms with E-state index in [-0.39, 0.29) is 16.7 Å². The Labute approximate surface area is 200 Å². The second-order valence-electron chi connectivity index (χ2n) is 7.98. The summed E-state index contributed by atoms with van der Waals surface area (Å²) in [5.41, 5.74) is -1.24. The number of carbonyl (C=O) groups is 1. The van der Waals surface area contributed by atoms with Gasteiger partial charge in [0.2, 0.25) is 0 Å². The summed E-state index contributed by atoms with van der Waals surface area (Å²) < 4.78 is 40.4. The minimum atomic E-state index is -4.79. The van der Waals surface area contributed by atoms with E-state index in [1.165, 1.54) is 6.07 Å². The minimum absolute atomic E-state index is 0.0956. The number of hydrogen-bond acceptors (Lipinski definition) is 5. The molecule has 1 saturated heterocycles.